The number of hydrogen-bond acceptors (Lipinski definition) is 4. The molecule has 1 aromatic carbocycles. The maximum Gasteiger partial charge on any atom is 0.123 e. The van der Waals surface area contributed by atoms with Crippen LogP contribution in [0, 0.1) is 12.3 Å². The first-order valence-corrected chi connectivity index (χ1v) is 8.15. The summed E-state index contributed by atoms with van der Waals surface area (Å²) in [5, 5.41) is 6.73. The van der Waals surface area contributed by atoms with Crippen LogP contribution in [0.2, 0.25) is 0 Å². The summed E-state index contributed by atoms with van der Waals surface area (Å²) < 4.78 is 0. The van der Waals surface area contributed by atoms with Crippen molar-refractivity contribution in [3.05, 3.63) is 35.8 Å². The minimum Gasteiger partial charge on any atom is -0.382 e. The standard InChI is InChI=1S/C17H19N3S/c1-2-9-20-10-6-15(7-11-20)19-16-5-3-4-14(13-16)17-18-8-12-21-17/h1,3-5,8,12-13,15,19H,6-7,9-11H2. The summed E-state index contributed by atoms with van der Waals surface area (Å²) in [5.74, 6) is 2.72. The summed E-state index contributed by atoms with van der Waals surface area (Å²) >= 11 is 1.67. The summed E-state index contributed by atoms with van der Waals surface area (Å²) in [7, 11) is 0. The Kier molecular flexibility index (Phi) is 4.54. The predicted octanol–water partition coefficient (Wildman–Crippen LogP) is 3.32. The van der Waals surface area contributed by atoms with Crippen molar-refractivity contribution in [2.75, 3.05) is 25.0 Å². The van der Waals surface area contributed by atoms with E-state index >= 15 is 0 Å². The van der Waals surface area contributed by atoms with Gasteiger partial charge in [0.15, 0.2) is 0 Å². The van der Waals surface area contributed by atoms with Gasteiger partial charge >= 0.3 is 0 Å². The van der Waals surface area contributed by atoms with Gasteiger partial charge in [-0.05, 0) is 25.0 Å². The molecule has 0 spiro atoms. The molecular formula is C17H19N3S. The zero-order chi connectivity index (χ0) is 14.5. The SMILES string of the molecule is C#CCN1CCC(Nc2cccc(-c3nccs3)c2)CC1. The average molecular weight is 297 g/mol. The second-order valence-corrected chi connectivity index (χ2v) is 6.21. The van der Waals surface area contributed by atoms with Crippen LogP contribution in [0.4, 0.5) is 5.69 Å². The Hall–Kier alpha value is -1.83. The van der Waals surface area contributed by atoms with Gasteiger partial charge in [-0.1, -0.05) is 18.1 Å². The Bertz CT molecular complexity index is 607. The van der Waals surface area contributed by atoms with Crippen molar-refractivity contribution in [3.8, 4) is 22.9 Å². The highest BCUT2D eigenvalue weighted by atomic mass is 32.1. The van der Waals surface area contributed by atoms with Gasteiger partial charge in [-0.3, -0.25) is 4.90 Å². The highest BCUT2D eigenvalue weighted by Gasteiger charge is 2.18. The normalized spacial score (nSPS) is 16.5. The van der Waals surface area contributed by atoms with Crippen LogP contribution < -0.4 is 5.32 Å². The molecule has 0 radical (unpaired) electrons. The fourth-order valence-electron chi connectivity index (χ4n) is 2.71. The van der Waals surface area contributed by atoms with Crippen molar-refractivity contribution in [1.82, 2.24) is 9.88 Å². The predicted molar refractivity (Wildman–Crippen MR) is 89.5 cm³/mol. The number of anilines is 1. The fourth-order valence-corrected chi connectivity index (χ4v) is 3.34. The number of piperidine rings is 1. The number of benzene rings is 1. The molecule has 108 valence electrons. The van der Waals surface area contributed by atoms with E-state index in [0.29, 0.717) is 6.04 Å². The van der Waals surface area contributed by atoms with Gasteiger partial charge in [-0.25, -0.2) is 4.98 Å². The minimum atomic E-state index is 0.533. The quantitative estimate of drug-likeness (QED) is 0.878. The minimum absolute atomic E-state index is 0.533. The molecule has 0 aliphatic carbocycles. The fraction of sp³-hybridized carbons (Fsp3) is 0.353. The highest BCUT2D eigenvalue weighted by Crippen LogP contribution is 2.25. The van der Waals surface area contributed by atoms with Crippen LogP contribution in [0.5, 0.6) is 0 Å². The first-order chi connectivity index (χ1) is 10.3. The van der Waals surface area contributed by atoms with Gasteiger partial charge in [0.05, 0.1) is 6.54 Å². The number of terminal acetylenes is 1. The Morgan fingerprint density at radius 1 is 1.38 bits per heavy atom. The van der Waals surface area contributed by atoms with Crippen LogP contribution in [0.25, 0.3) is 10.6 Å². The van der Waals surface area contributed by atoms with E-state index < -0.39 is 0 Å². The van der Waals surface area contributed by atoms with Crippen LogP contribution in [-0.2, 0) is 0 Å². The largest absolute Gasteiger partial charge is 0.382 e. The van der Waals surface area contributed by atoms with Crippen molar-refractivity contribution in [3.63, 3.8) is 0 Å². The molecule has 4 heteroatoms. The Balaban J connectivity index is 1.61. The van der Waals surface area contributed by atoms with Gasteiger partial charge in [0.2, 0.25) is 0 Å². The summed E-state index contributed by atoms with van der Waals surface area (Å²) in [5.41, 5.74) is 2.36. The molecule has 21 heavy (non-hydrogen) atoms. The molecule has 3 nitrogen and oxygen atoms in total. The number of aromatic nitrogens is 1. The molecule has 0 amide bonds. The maximum atomic E-state index is 5.37. The monoisotopic (exact) mass is 297 g/mol. The van der Waals surface area contributed by atoms with Gasteiger partial charge in [-0.2, -0.15) is 0 Å². The molecule has 0 saturated carbocycles. The van der Waals surface area contributed by atoms with Crippen LogP contribution >= 0.6 is 11.3 Å². The van der Waals surface area contributed by atoms with E-state index in [2.05, 4.69) is 45.4 Å². The number of hydrogen-bond donors (Lipinski definition) is 1. The van der Waals surface area contributed by atoms with E-state index in [-0.39, 0.29) is 0 Å². The first-order valence-electron chi connectivity index (χ1n) is 7.27. The summed E-state index contributed by atoms with van der Waals surface area (Å²) in [6, 6.07) is 9.05. The van der Waals surface area contributed by atoms with Crippen LogP contribution in [0.15, 0.2) is 35.8 Å². The first kappa shape index (κ1) is 14.1. The second-order valence-electron chi connectivity index (χ2n) is 5.32. The lowest BCUT2D eigenvalue weighted by Crippen LogP contribution is -2.39. The molecule has 1 saturated heterocycles. The van der Waals surface area contributed by atoms with Crippen molar-refractivity contribution in [2.24, 2.45) is 0 Å². The van der Waals surface area contributed by atoms with Gasteiger partial charge in [0.25, 0.3) is 0 Å². The van der Waals surface area contributed by atoms with Crippen molar-refractivity contribution >= 4 is 17.0 Å². The number of rotatable bonds is 4. The second kappa shape index (κ2) is 6.75. The molecule has 0 atom stereocenters. The molecule has 3 rings (SSSR count). The van der Waals surface area contributed by atoms with Crippen molar-refractivity contribution in [1.29, 1.82) is 0 Å². The summed E-state index contributed by atoms with van der Waals surface area (Å²) in [6.45, 7) is 2.92. The van der Waals surface area contributed by atoms with E-state index in [1.54, 1.807) is 11.3 Å². The van der Waals surface area contributed by atoms with E-state index in [1.165, 1.54) is 11.3 Å². The topological polar surface area (TPSA) is 28.2 Å². The molecule has 1 fully saturated rings. The zero-order valence-corrected chi connectivity index (χ0v) is 12.8. The van der Waals surface area contributed by atoms with Gasteiger partial charge in [-0.15, -0.1) is 17.8 Å². The number of nitrogens with zero attached hydrogens (tertiary/aromatic N) is 2. The third-order valence-electron chi connectivity index (χ3n) is 3.82. The van der Waals surface area contributed by atoms with Crippen molar-refractivity contribution in [2.45, 2.75) is 18.9 Å². The molecular weight excluding hydrogens is 278 g/mol. The molecule has 1 aliphatic heterocycles. The van der Waals surface area contributed by atoms with Crippen LogP contribution in [-0.4, -0.2) is 35.6 Å². The smallest absolute Gasteiger partial charge is 0.123 e. The molecule has 2 heterocycles. The van der Waals surface area contributed by atoms with E-state index in [1.807, 2.05) is 11.6 Å². The maximum absolute atomic E-state index is 5.37. The Labute approximate surface area is 130 Å². The molecule has 1 aliphatic rings. The summed E-state index contributed by atoms with van der Waals surface area (Å²) in [6.07, 6.45) is 9.50. The molecule has 2 aromatic rings. The number of likely N-dealkylation sites (tertiary alicyclic amines) is 1. The van der Waals surface area contributed by atoms with Crippen LogP contribution in [0.3, 0.4) is 0 Å². The zero-order valence-electron chi connectivity index (χ0n) is 12.0. The van der Waals surface area contributed by atoms with Gasteiger partial charge < -0.3 is 5.32 Å². The molecule has 0 unspecified atom stereocenters. The molecule has 1 N–H and O–H groups in total. The van der Waals surface area contributed by atoms with E-state index in [0.717, 1.165) is 37.5 Å². The number of nitrogens with one attached hydrogen (secondary N) is 1. The summed E-state index contributed by atoms with van der Waals surface area (Å²) in [4.78, 5) is 6.71. The van der Waals surface area contributed by atoms with E-state index in [4.69, 9.17) is 6.42 Å². The molecule has 1 aromatic heterocycles. The molecule has 0 bridgehead atoms. The highest BCUT2D eigenvalue weighted by molar-refractivity contribution is 7.13. The third kappa shape index (κ3) is 3.63. The van der Waals surface area contributed by atoms with Crippen molar-refractivity contribution < 1.29 is 0 Å². The van der Waals surface area contributed by atoms with Crippen LogP contribution in [0.1, 0.15) is 12.8 Å². The Morgan fingerprint density at radius 2 is 2.24 bits per heavy atom. The van der Waals surface area contributed by atoms with Gasteiger partial charge in [0.1, 0.15) is 5.01 Å². The van der Waals surface area contributed by atoms with Gasteiger partial charge in [0, 0.05) is 42.0 Å². The average Bonchev–Trinajstić information content (AvgIpc) is 3.04. The van der Waals surface area contributed by atoms with E-state index in [9.17, 15) is 0 Å². The Morgan fingerprint density at radius 3 is 2.95 bits per heavy atom. The third-order valence-corrected chi connectivity index (χ3v) is 4.64. The lowest BCUT2D eigenvalue weighted by molar-refractivity contribution is 0.243. The lowest BCUT2D eigenvalue weighted by atomic mass is 10.0. The number of thiazole rings is 1. The lowest BCUT2D eigenvalue weighted by Gasteiger charge is -2.31.